The number of unbranched alkanes of at least 4 members (excludes halogenated alkanes) is 8. The van der Waals surface area contributed by atoms with Crippen molar-refractivity contribution >= 4 is 11.9 Å². The number of rotatable bonds is 20. The summed E-state index contributed by atoms with van der Waals surface area (Å²) in [6.45, 7) is 1.32. The molecule has 1 unspecified atom stereocenters. The molecular formula is C37H42F6O6. The Balaban J connectivity index is 1.43. The summed E-state index contributed by atoms with van der Waals surface area (Å²) in [5.41, 5.74) is 1.39. The number of ether oxygens (including phenoxy) is 4. The van der Waals surface area contributed by atoms with Gasteiger partial charge in [0.1, 0.15) is 30.0 Å². The van der Waals surface area contributed by atoms with Gasteiger partial charge in [0, 0.05) is 6.07 Å². The molecule has 268 valence electrons. The van der Waals surface area contributed by atoms with Crippen LogP contribution in [0.25, 0.3) is 11.1 Å². The van der Waals surface area contributed by atoms with E-state index in [1.165, 1.54) is 51.9 Å². The zero-order chi connectivity index (χ0) is 35.9. The van der Waals surface area contributed by atoms with E-state index in [4.69, 9.17) is 14.2 Å². The molecule has 12 heteroatoms. The van der Waals surface area contributed by atoms with Crippen LogP contribution in [0.2, 0.25) is 0 Å². The second kappa shape index (κ2) is 19.2. The Labute approximate surface area is 282 Å². The monoisotopic (exact) mass is 696 g/mol. The lowest BCUT2D eigenvalue weighted by molar-refractivity contribution is -0.297. The van der Waals surface area contributed by atoms with E-state index in [9.17, 15) is 35.9 Å². The molecule has 1 atom stereocenters. The average Bonchev–Trinajstić information content (AvgIpc) is 3.05. The van der Waals surface area contributed by atoms with E-state index < -0.39 is 54.7 Å². The molecule has 3 aromatic rings. The van der Waals surface area contributed by atoms with Gasteiger partial charge in [0.2, 0.25) is 0 Å². The number of halogens is 6. The van der Waals surface area contributed by atoms with Crippen LogP contribution in [0.5, 0.6) is 11.5 Å². The highest BCUT2D eigenvalue weighted by molar-refractivity contribution is 5.92. The summed E-state index contributed by atoms with van der Waals surface area (Å²) >= 11 is 0. The van der Waals surface area contributed by atoms with Crippen molar-refractivity contribution in [1.82, 2.24) is 0 Å². The van der Waals surface area contributed by atoms with Gasteiger partial charge >= 0.3 is 24.0 Å². The first-order chi connectivity index (χ1) is 23.3. The lowest BCUT2D eigenvalue weighted by Crippen LogP contribution is -2.41. The van der Waals surface area contributed by atoms with Crippen LogP contribution in [0.4, 0.5) is 26.3 Å². The predicted octanol–water partition coefficient (Wildman–Crippen LogP) is 10.4. The smallest absolute Gasteiger partial charge is 0.455 e. The summed E-state index contributed by atoms with van der Waals surface area (Å²) in [5, 5.41) is 0. The molecule has 6 nitrogen and oxygen atoms in total. The number of esters is 2. The van der Waals surface area contributed by atoms with Crippen LogP contribution >= 0.6 is 0 Å². The van der Waals surface area contributed by atoms with Crippen molar-refractivity contribution < 1.29 is 54.9 Å². The molecular weight excluding hydrogens is 654 g/mol. The molecule has 3 rings (SSSR count). The standard InChI is InChI=1S/C37H42F6O6/c1-3-4-5-6-7-8-9-10-11-22-47-30-18-16-28(17-19-30)27-12-14-29(15-13-27)34(44)49-31-20-21-32(33(38)23-31)35(45)48-26(2)24-46-25-36(39,40)37(41,42)43/h12-21,23,26H,3-11,22,24-25H2,1-2H3. The van der Waals surface area contributed by atoms with Crippen LogP contribution in [-0.2, 0) is 9.47 Å². The van der Waals surface area contributed by atoms with E-state index in [0.29, 0.717) is 6.61 Å². The summed E-state index contributed by atoms with van der Waals surface area (Å²) in [6.07, 6.45) is 4.16. The van der Waals surface area contributed by atoms with Gasteiger partial charge in [0.15, 0.2) is 0 Å². The molecule has 0 radical (unpaired) electrons. The van der Waals surface area contributed by atoms with Gasteiger partial charge in [0.25, 0.3) is 0 Å². The highest BCUT2D eigenvalue weighted by atomic mass is 19.4. The second-order valence-corrected chi connectivity index (χ2v) is 11.7. The first-order valence-corrected chi connectivity index (χ1v) is 16.4. The minimum atomic E-state index is -5.79. The third-order valence-corrected chi connectivity index (χ3v) is 7.55. The molecule has 0 aliphatic carbocycles. The summed E-state index contributed by atoms with van der Waals surface area (Å²) in [6, 6.07) is 17.2. The van der Waals surface area contributed by atoms with Crippen molar-refractivity contribution in [3.8, 4) is 22.6 Å². The number of carbonyl (C=O) groups is 2. The average molecular weight is 697 g/mol. The fourth-order valence-corrected chi connectivity index (χ4v) is 4.75. The van der Waals surface area contributed by atoms with Crippen molar-refractivity contribution in [3.05, 3.63) is 83.7 Å². The molecule has 0 saturated carbocycles. The van der Waals surface area contributed by atoms with Gasteiger partial charge in [-0.2, -0.15) is 22.0 Å². The molecule has 0 aromatic heterocycles. The highest BCUT2D eigenvalue weighted by Crippen LogP contribution is 2.35. The highest BCUT2D eigenvalue weighted by Gasteiger charge is 2.57. The fraction of sp³-hybridized carbons (Fsp3) is 0.459. The van der Waals surface area contributed by atoms with Gasteiger partial charge in [-0.1, -0.05) is 82.6 Å². The van der Waals surface area contributed by atoms with E-state index in [-0.39, 0.29) is 11.3 Å². The predicted molar refractivity (Wildman–Crippen MR) is 173 cm³/mol. The third kappa shape index (κ3) is 13.1. The molecule has 49 heavy (non-hydrogen) atoms. The third-order valence-electron chi connectivity index (χ3n) is 7.55. The van der Waals surface area contributed by atoms with E-state index in [1.54, 1.807) is 24.3 Å². The number of alkyl halides is 5. The van der Waals surface area contributed by atoms with Crippen LogP contribution in [0.1, 0.15) is 92.4 Å². The molecule has 0 amide bonds. The van der Waals surface area contributed by atoms with E-state index in [0.717, 1.165) is 47.9 Å². The van der Waals surface area contributed by atoms with E-state index in [2.05, 4.69) is 11.7 Å². The number of benzene rings is 3. The van der Waals surface area contributed by atoms with E-state index >= 15 is 0 Å². The van der Waals surface area contributed by atoms with Crippen molar-refractivity contribution in [1.29, 1.82) is 0 Å². The molecule has 0 heterocycles. The lowest BCUT2D eigenvalue weighted by Gasteiger charge is -2.20. The molecule has 0 saturated heterocycles. The van der Waals surface area contributed by atoms with Crippen LogP contribution in [-0.4, -0.2) is 50.0 Å². The number of hydrogen-bond acceptors (Lipinski definition) is 6. The van der Waals surface area contributed by atoms with Crippen LogP contribution < -0.4 is 9.47 Å². The number of hydrogen-bond donors (Lipinski definition) is 0. The van der Waals surface area contributed by atoms with Crippen molar-refractivity contribution in [2.24, 2.45) is 0 Å². The maximum Gasteiger partial charge on any atom is 0.455 e. The van der Waals surface area contributed by atoms with Crippen molar-refractivity contribution in [2.75, 3.05) is 19.8 Å². The van der Waals surface area contributed by atoms with E-state index in [1.807, 2.05) is 24.3 Å². The summed E-state index contributed by atoms with van der Waals surface area (Å²) in [7, 11) is 0. The van der Waals surface area contributed by atoms with Gasteiger partial charge < -0.3 is 18.9 Å². The Morgan fingerprint density at radius 2 is 1.27 bits per heavy atom. The summed E-state index contributed by atoms with van der Waals surface area (Å²) < 4.78 is 97.5. The molecule has 0 bridgehead atoms. The molecule has 0 aliphatic rings. The van der Waals surface area contributed by atoms with Gasteiger partial charge in [-0.3, -0.25) is 0 Å². The summed E-state index contributed by atoms with van der Waals surface area (Å²) in [5.74, 6) is -7.60. The SMILES string of the molecule is CCCCCCCCCCCOc1ccc(-c2ccc(C(=O)Oc3ccc(C(=O)OC(C)COCC(F)(F)C(F)(F)F)c(F)c3)cc2)cc1. The number of carbonyl (C=O) groups excluding carboxylic acids is 2. The van der Waals surface area contributed by atoms with Gasteiger partial charge in [0.05, 0.1) is 24.3 Å². The molecule has 0 N–H and O–H groups in total. The molecule has 3 aromatic carbocycles. The Bertz CT molecular complexity index is 1460. The molecule has 0 spiro atoms. The minimum absolute atomic E-state index is 0.193. The summed E-state index contributed by atoms with van der Waals surface area (Å²) in [4.78, 5) is 24.9. The Morgan fingerprint density at radius 3 is 1.84 bits per heavy atom. The van der Waals surface area contributed by atoms with Crippen LogP contribution in [0, 0.1) is 5.82 Å². The quantitative estimate of drug-likeness (QED) is 0.0507. The second-order valence-electron chi connectivity index (χ2n) is 11.7. The topological polar surface area (TPSA) is 71.1 Å². The van der Waals surface area contributed by atoms with Gasteiger partial charge in [-0.25, -0.2) is 14.0 Å². The zero-order valence-electron chi connectivity index (χ0n) is 27.6. The maximum atomic E-state index is 14.6. The van der Waals surface area contributed by atoms with Gasteiger partial charge in [-0.15, -0.1) is 0 Å². The Morgan fingerprint density at radius 1 is 0.714 bits per heavy atom. The Hall–Kier alpha value is -4.06. The zero-order valence-corrected chi connectivity index (χ0v) is 27.6. The van der Waals surface area contributed by atoms with Crippen molar-refractivity contribution in [2.45, 2.75) is 89.8 Å². The minimum Gasteiger partial charge on any atom is -0.494 e. The first-order valence-electron chi connectivity index (χ1n) is 16.4. The maximum absolute atomic E-state index is 14.6. The normalized spacial score (nSPS) is 12.4. The molecule has 0 aliphatic heterocycles. The van der Waals surface area contributed by atoms with Gasteiger partial charge in [-0.05, 0) is 60.9 Å². The van der Waals surface area contributed by atoms with Crippen LogP contribution in [0.3, 0.4) is 0 Å². The lowest BCUT2D eigenvalue weighted by atomic mass is 10.0. The largest absolute Gasteiger partial charge is 0.494 e. The first kappa shape index (κ1) is 39.4. The van der Waals surface area contributed by atoms with Crippen LogP contribution in [0.15, 0.2) is 66.7 Å². The fourth-order valence-electron chi connectivity index (χ4n) is 4.75. The Kier molecular flexibility index (Phi) is 15.4. The molecule has 0 fully saturated rings. The van der Waals surface area contributed by atoms with Crippen molar-refractivity contribution in [3.63, 3.8) is 0 Å².